The Hall–Kier alpha value is -0.930. The highest BCUT2D eigenvalue weighted by Crippen LogP contribution is 2.23. The van der Waals surface area contributed by atoms with Crippen molar-refractivity contribution in [1.82, 2.24) is 0 Å². The van der Waals surface area contributed by atoms with Crippen molar-refractivity contribution in [1.29, 1.82) is 0 Å². The van der Waals surface area contributed by atoms with Gasteiger partial charge in [-0.2, -0.15) is 0 Å². The van der Waals surface area contributed by atoms with Crippen LogP contribution in [0.2, 0.25) is 0 Å². The Morgan fingerprint density at radius 3 is 1.73 bits per heavy atom. The fourth-order valence-corrected chi connectivity index (χ4v) is 3.06. The summed E-state index contributed by atoms with van der Waals surface area (Å²) in [5.74, 6) is 4.36. The van der Waals surface area contributed by atoms with E-state index in [1.54, 1.807) is 0 Å². The van der Waals surface area contributed by atoms with E-state index in [4.69, 9.17) is 12.8 Å². The molecule has 3 heteroatoms. The van der Waals surface area contributed by atoms with Gasteiger partial charge in [0.25, 0.3) is 0 Å². The highest BCUT2D eigenvalue weighted by atomic mass is 32.2. The third kappa shape index (κ3) is 1.56. The molecular formula is C8H8O2S. The van der Waals surface area contributed by atoms with Gasteiger partial charge in [-0.3, -0.25) is 0 Å². The summed E-state index contributed by atoms with van der Waals surface area (Å²) < 4.78 is 22.0. The molecule has 2 nitrogen and oxygen atoms in total. The van der Waals surface area contributed by atoms with E-state index in [9.17, 15) is 8.42 Å². The molecule has 0 aromatic heterocycles. The number of sulfone groups is 1. The molecule has 1 saturated heterocycles. The maximum absolute atomic E-state index is 11.0. The number of hydrogen-bond acceptors (Lipinski definition) is 2. The molecule has 58 valence electrons. The Morgan fingerprint density at radius 1 is 1.09 bits per heavy atom. The topological polar surface area (TPSA) is 34.1 Å². The van der Waals surface area contributed by atoms with E-state index in [1.807, 2.05) is 0 Å². The van der Waals surface area contributed by atoms with Crippen molar-refractivity contribution >= 4 is 9.84 Å². The molecule has 2 unspecified atom stereocenters. The summed E-state index contributed by atoms with van der Waals surface area (Å²) in [6.07, 6.45) is 10.2. The fraction of sp³-hybridized carbons (Fsp3) is 0.500. The first-order valence-electron chi connectivity index (χ1n) is 3.22. The lowest BCUT2D eigenvalue weighted by atomic mass is 9.98. The molecule has 0 saturated carbocycles. The van der Waals surface area contributed by atoms with E-state index in [1.165, 1.54) is 0 Å². The molecule has 1 fully saturated rings. The van der Waals surface area contributed by atoms with Gasteiger partial charge in [0.2, 0.25) is 0 Å². The summed E-state index contributed by atoms with van der Waals surface area (Å²) in [6, 6.07) is 0. The minimum absolute atomic E-state index is 0.0539. The summed E-state index contributed by atoms with van der Waals surface area (Å²) >= 11 is 0. The van der Waals surface area contributed by atoms with Gasteiger partial charge >= 0.3 is 0 Å². The van der Waals surface area contributed by atoms with Crippen LogP contribution in [0, 0.1) is 36.5 Å². The molecule has 1 aliphatic heterocycles. The molecule has 0 amide bonds. The van der Waals surface area contributed by atoms with Crippen LogP contribution in [0.4, 0.5) is 0 Å². The van der Waals surface area contributed by atoms with Crippen LogP contribution in [-0.4, -0.2) is 19.9 Å². The van der Waals surface area contributed by atoms with Crippen LogP contribution in [0.25, 0.3) is 0 Å². The van der Waals surface area contributed by atoms with Gasteiger partial charge in [-0.1, -0.05) is 0 Å². The largest absolute Gasteiger partial charge is 0.229 e. The Kier molecular flexibility index (Phi) is 1.93. The summed E-state index contributed by atoms with van der Waals surface area (Å²) in [5.41, 5.74) is 0. The second-order valence-corrected chi connectivity index (χ2v) is 4.78. The first kappa shape index (κ1) is 8.17. The summed E-state index contributed by atoms with van der Waals surface area (Å²) in [5, 5.41) is 0. The van der Waals surface area contributed by atoms with E-state index in [0.717, 1.165) is 0 Å². The lowest BCUT2D eigenvalue weighted by molar-refractivity contribution is 0.601. The van der Waals surface area contributed by atoms with Crippen LogP contribution in [-0.2, 0) is 9.84 Å². The predicted molar refractivity (Wildman–Crippen MR) is 43.3 cm³/mol. The predicted octanol–water partition coefficient (Wildman–Crippen LogP) is -0.0864. The van der Waals surface area contributed by atoms with Crippen molar-refractivity contribution in [2.75, 3.05) is 11.5 Å². The first-order chi connectivity index (χ1) is 5.09. The molecule has 0 aliphatic carbocycles. The Morgan fingerprint density at radius 2 is 1.45 bits per heavy atom. The molecule has 2 atom stereocenters. The lowest BCUT2D eigenvalue weighted by Crippen LogP contribution is -2.06. The molecule has 1 rings (SSSR count). The standard InChI is InChI=1S/C8H8O2S/c1-3-7-5-11(9,10)6-8(7)4-2/h1-2,7-8H,5-6H2. The number of rotatable bonds is 0. The lowest BCUT2D eigenvalue weighted by Gasteiger charge is -2.01. The van der Waals surface area contributed by atoms with Gasteiger partial charge in [-0.05, 0) is 0 Å². The second-order valence-electron chi connectivity index (χ2n) is 2.62. The molecule has 0 aromatic rings. The summed E-state index contributed by atoms with van der Waals surface area (Å²) in [4.78, 5) is 0. The highest BCUT2D eigenvalue weighted by Gasteiger charge is 2.35. The van der Waals surface area contributed by atoms with Crippen LogP contribution >= 0.6 is 0 Å². The first-order valence-corrected chi connectivity index (χ1v) is 5.04. The second kappa shape index (κ2) is 2.60. The van der Waals surface area contributed by atoms with Crippen LogP contribution in [0.5, 0.6) is 0 Å². The Labute approximate surface area is 66.9 Å². The van der Waals surface area contributed by atoms with Crippen molar-refractivity contribution < 1.29 is 8.42 Å². The monoisotopic (exact) mass is 168 g/mol. The van der Waals surface area contributed by atoms with Crippen molar-refractivity contribution in [3.05, 3.63) is 0 Å². The van der Waals surface area contributed by atoms with Crippen molar-refractivity contribution in [2.24, 2.45) is 11.8 Å². The molecular weight excluding hydrogens is 160 g/mol. The average molecular weight is 168 g/mol. The van der Waals surface area contributed by atoms with Gasteiger partial charge in [0.05, 0.1) is 11.5 Å². The number of hydrogen-bond donors (Lipinski definition) is 0. The van der Waals surface area contributed by atoms with Gasteiger partial charge in [-0.15, -0.1) is 24.7 Å². The van der Waals surface area contributed by atoms with Gasteiger partial charge in [0.15, 0.2) is 9.84 Å². The normalized spacial score (nSPS) is 34.0. The van der Waals surface area contributed by atoms with E-state index in [2.05, 4.69) is 11.8 Å². The van der Waals surface area contributed by atoms with E-state index in [-0.39, 0.29) is 23.3 Å². The molecule has 0 radical (unpaired) electrons. The third-order valence-electron chi connectivity index (χ3n) is 1.78. The molecule has 0 bridgehead atoms. The highest BCUT2D eigenvalue weighted by molar-refractivity contribution is 7.91. The zero-order chi connectivity index (χ0) is 8.48. The van der Waals surface area contributed by atoms with E-state index in [0.29, 0.717) is 0 Å². The minimum Gasteiger partial charge on any atom is -0.229 e. The van der Waals surface area contributed by atoms with Crippen LogP contribution < -0.4 is 0 Å². The molecule has 0 N–H and O–H groups in total. The molecule has 1 heterocycles. The van der Waals surface area contributed by atoms with Crippen LogP contribution in [0.15, 0.2) is 0 Å². The van der Waals surface area contributed by atoms with Gasteiger partial charge < -0.3 is 0 Å². The van der Waals surface area contributed by atoms with Crippen LogP contribution in [0.3, 0.4) is 0 Å². The Bertz CT molecular complexity index is 298. The zero-order valence-corrected chi connectivity index (χ0v) is 6.76. The van der Waals surface area contributed by atoms with E-state index < -0.39 is 9.84 Å². The third-order valence-corrected chi connectivity index (χ3v) is 3.51. The van der Waals surface area contributed by atoms with Crippen molar-refractivity contribution in [3.63, 3.8) is 0 Å². The molecule has 0 spiro atoms. The molecule has 11 heavy (non-hydrogen) atoms. The SMILES string of the molecule is C#CC1CS(=O)(=O)CC1C#C. The molecule has 0 aromatic carbocycles. The van der Waals surface area contributed by atoms with Gasteiger partial charge in [0.1, 0.15) is 0 Å². The average Bonchev–Trinajstić information content (AvgIpc) is 2.25. The number of terminal acetylenes is 2. The fourth-order valence-electron chi connectivity index (χ4n) is 1.18. The quantitative estimate of drug-likeness (QED) is 0.474. The maximum atomic E-state index is 11.0. The zero-order valence-electron chi connectivity index (χ0n) is 5.95. The summed E-state index contributed by atoms with van der Waals surface area (Å²) in [7, 11) is -2.95. The maximum Gasteiger partial charge on any atom is 0.152 e. The van der Waals surface area contributed by atoms with Gasteiger partial charge in [0, 0.05) is 11.8 Å². The van der Waals surface area contributed by atoms with Gasteiger partial charge in [-0.25, -0.2) is 8.42 Å². The smallest absolute Gasteiger partial charge is 0.152 e. The minimum atomic E-state index is -2.95. The summed E-state index contributed by atoms with van der Waals surface area (Å²) in [6.45, 7) is 0. The van der Waals surface area contributed by atoms with Crippen molar-refractivity contribution in [2.45, 2.75) is 0 Å². The van der Waals surface area contributed by atoms with E-state index >= 15 is 0 Å². The van der Waals surface area contributed by atoms with Crippen molar-refractivity contribution in [3.8, 4) is 24.7 Å². The van der Waals surface area contributed by atoms with Crippen LogP contribution in [0.1, 0.15) is 0 Å². The Balaban J connectivity index is 2.91. The molecule has 1 aliphatic rings.